The second kappa shape index (κ2) is 11.0. The average Bonchev–Trinajstić information content (AvgIpc) is 3.13. The zero-order valence-corrected chi connectivity index (χ0v) is 22.1. The summed E-state index contributed by atoms with van der Waals surface area (Å²) in [6.07, 6.45) is 1.77. The minimum Gasteiger partial charge on any atom is -0.491 e. The normalized spacial score (nSPS) is 15.3. The smallest absolute Gasteiger partial charge is 0.338 e. The van der Waals surface area contributed by atoms with Gasteiger partial charge in [0.25, 0.3) is 5.56 Å². The van der Waals surface area contributed by atoms with Crippen molar-refractivity contribution < 1.29 is 23.8 Å². The van der Waals surface area contributed by atoms with Gasteiger partial charge >= 0.3 is 11.9 Å². The Bertz CT molecular complexity index is 1530. The van der Waals surface area contributed by atoms with Crippen LogP contribution in [0, 0.1) is 0 Å². The molecule has 0 radical (unpaired) electrons. The van der Waals surface area contributed by atoms with Gasteiger partial charge in [-0.2, -0.15) is 0 Å². The molecule has 0 fully saturated rings. The van der Waals surface area contributed by atoms with Crippen LogP contribution in [-0.2, 0) is 14.3 Å². The highest BCUT2D eigenvalue weighted by molar-refractivity contribution is 7.07. The summed E-state index contributed by atoms with van der Waals surface area (Å²) in [4.78, 5) is 42.9. The Morgan fingerprint density at radius 2 is 1.73 bits per heavy atom. The van der Waals surface area contributed by atoms with Gasteiger partial charge in [-0.05, 0) is 69.2 Å². The van der Waals surface area contributed by atoms with Crippen molar-refractivity contribution in [1.82, 2.24) is 4.57 Å². The summed E-state index contributed by atoms with van der Waals surface area (Å²) in [6.45, 7) is 8.92. The molecule has 0 unspecified atom stereocenters. The van der Waals surface area contributed by atoms with Crippen molar-refractivity contribution in [2.45, 2.75) is 46.8 Å². The Hall–Kier alpha value is -3.98. The van der Waals surface area contributed by atoms with Gasteiger partial charge in [0.05, 0.1) is 34.6 Å². The molecular weight excluding hydrogens is 492 g/mol. The van der Waals surface area contributed by atoms with Crippen LogP contribution in [0.5, 0.6) is 11.5 Å². The van der Waals surface area contributed by atoms with Gasteiger partial charge in [0, 0.05) is 6.92 Å². The van der Waals surface area contributed by atoms with E-state index in [1.807, 2.05) is 38.1 Å². The van der Waals surface area contributed by atoms with Crippen LogP contribution in [0.25, 0.3) is 6.08 Å². The number of hydrogen-bond acceptors (Lipinski definition) is 8. The molecule has 0 saturated heterocycles. The van der Waals surface area contributed by atoms with E-state index in [-0.39, 0.29) is 18.3 Å². The fourth-order valence-corrected chi connectivity index (χ4v) is 5.10. The maximum Gasteiger partial charge on any atom is 0.338 e. The molecule has 2 heterocycles. The molecule has 0 N–H and O–H groups in total. The number of esters is 2. The van der Waals surface area contributed by atoms with E-state index in [9.17, 15) is 14.4 Å². The second-order valence-electron chi connectivity index (χ2n) is 8.70. The van der Waals surface area contributed by atoms with Gasteiger partial charge in [-0.1, -0.05) is 35.6 Å². The number of allylic oxidation sites excluding steroid dienone is 1. The number of ether oxygens (including phenoxy) is 3. The number of benzene rings is 2. The molecule has 4 rings (SSSR count). The molecule has 1 aromatic heterocycles. The predicted octanol–water partition coefficient (Wildman–Crippen LogP) is 3.51. The minimum absolute atomic E-state index is 0.0174. The number of carbonyl (C=O) groups excluding carboxylic acids is 2. The summed E-state index contributed by atoms with van der Waals surface area (Å²) < 4.78 is 18.2. The first-order chi connectivity index (χ1) is 17.7. The van der Waals surface area contributed by atoms with Crippen molar-refractivity contribution in [3.63, 3.8) is 0 Å². The number of hydrogen-bond donors (Lipinski definition) is 0. The molecule has 2 aromatic carbocycles. The third-order valence-corrected chi connectivity index (χ3v) is 6.51. The topological polar surface area (TPSA) is 96.2 Å². The fourth-order valence-electron chi connectivity index (χ4n) is 4.06. The Morgan fingerprint density at radius 1 is 1.08 bits per heavy atom. The van der Waals surface area contributed by atoms with E-state index < -0.39 is 18.0 Å². The monoisotopic (exact) mass is 520 g/mol. The van der Waals surface area contributed by atoms with Crippen molar-refractivity contribution in [2.75, 3.05) is 6.61 Å². The molecule has 0 bridgehead atoms. The molecule has 0 saturated carbocycles. The third kappa shape index (κ3) is 5.72. The van der Waals surface area contributed by atoms with Crippen LogP contribution in [0.1, 0.15) is 51.8 Å². The lowest BCUT2D eigenvalue weighted by Crippen LogP contribution is -2.39. The van der Waals surface area contributed by atoms with Crippen LogP contribution >= 0.6 is 11.3 Å². The maximum atomic E-state index is 13.7. The fraction of sp³-hybridized carbons (Fsp3) is 0.286. The third-order valence-electron chi connectivity index (χ3n) is 5.52. The number of aromatic nitrogens is 1. The summed E-state index contributed by atoms with van der Waals surface area (Å²) >= 11 is 1.24. The van der Waals surface area contributed by atoms with E-state index >= 15 is 0 Å². The van der Waals surface area contributed by atoms with Crippen LogP contribution in [0.3, 0.4) is 0 Å². The molecule has 0 spiro atoms. The first kappa shape index (κ1) is 26.1. The number of thiazole rings is 1. The number of carbonyl (C=O) groups is 2. The SMILES string of the molecule is CCOC(=O)C1=C(C)N=c2s/c(=C\c3ccc(OC(C)=O)cc3)c(=O)n2[C@H]1c1ccc(OC(C)C)cc1. The molecule has 1 aliphatic rings. The molecule has 1 atom stereocenters. The van der Waals surface area contributed by atoms with E-state index in [2.05, 4.69) is 4.99 Å². The van der Waals surface area contributed by atoms with Crippen molar-refractivity contribution in [2.24, 2.45) is 4.99 Å². The predicted molar refractivity (Wildman–Crippen MR) is 140 cm³/mol. The highest BCUT2D eigenvalue weighted by Gasteiger charge is 2.33. The van der Waals surface area contributed by atoms with Gasteiger partial charge in [-0.15, -0.1) is 0 Å². The number of fused-ring (bicyclic) bond motifs is 1. The molecular formula is C28H28N2O6S. The van der Waals surface area contributed by atoms with E-state index in [0.29, 0.717) is 32.1 Å². The largest absolute Gasteiger partial charge is 0.491 e. The molecule has 0 aliphatic carbocycles. The average molecular weight is 521 g/mol. The van der Waals surface area contributed by atoms with Crippen LogP contribution in [0.2, 0.25) is 0 Å². The first-order valence-electron chi connectivity index (χ1n) is 11.9. The highest BCUT2D eigenvalue weighted by Crippen LogP contribution is 2.31. The Morgan fingerprint density at radius 3 is 2.32 bits per heavy atom. The molecule has 3 aromatic rings. The van der Waals surface area contributed by atoms with Crippen LogP contribution in [0.15, 0.2) is 69.6 Å². The molecule has 1 aliphatic heterocycles. The van der Waals surface area contributed by atoms with Crippen molar-refractivity contribution >= 4 is 29.4 Å². The second-order valence-corrected chi connectivity index (χ2v) is 9.71. The summed E-state index contributed by atoms with van der Waals surface area (Å²) in [5, 5.41) is 0. The van der Waals surface area contributed by atoms with E-state index in [0.717, 1.165) is 11.1 Å². The van der Waals surface area contributed by atoms with Crippen LogP contribution < -0.4 is 24.4 Å². The molecule has 8 nitrogen and oxygen atoms in total. The standard InChI is InChI=1S/C28H28N2O6S/c1-6-34-27(33)24-17(4)29-28-30(25(24)20-9-13-21(14-10-20)35-16(2)3)26(32)23(37-28)15-19-7-11-22(12-8-19)36-18(5)31/h7-16,25H,6H2,1-5H3/b23-15-/t25-/m0/s1. The molecule has 192 valence electrons. The van der Waals surface area contributed by atoms with Gasteiger partial charge in [-0.25, -0.2) is 9.79 Å². The lowest BCUT2D eigenvalue weighted by molar-refractivity contribution is -0.139. The van der Waals surface area contributed by atoms with Crippen molar-refractivity contribution in [3.05, 3.63) is 90.6 Å². The quantitative estimate of drug-likeness (QED) is 0.350. The Balaban J connectivity index is 1.83. The van der Waals surface area contributed by atoms with Crippen LogP contribution in [-0.4, -0.2) is 29.2 Å². The maximum absolute atomic E-state index is 13.7. The first-order valence-corrected chi connectivity index (χ1v) is 12.7. The number of rotatable bonds is 7. The van der Waals surface area contributed by atoms with E-state index in [1.54, 1.807) is 48.8 Å². The van der Waals surface area contributed by atoms with Crippen molar-refractivity contribution in [1.29, 1.82) is 0 Å². The lowest BCUT2D eigenvalue weighted by atomic mass is 9.96. The minimum atomic E-state index is -0.697. The summed E-state index contributed by atoms with van der Waals surface area (Å²) in [5.74, 6) is 0.205. The Kier molecular flexibility index (Phi) is 7.73. The van der Waals surface area contributed by atoms with Gasteiger partial charge < -0.3 is 14.2 Å². The molecule has 0 amide bonds. The Labute approximate surface area is 218 Å². The summed E-state index contributed by atoms with van der Waals surface area (Å²) in [7, 11) is 0. The molecule has 9 heteroatoms. The summed E-state index contributed by atoms with van der Waals surface area (Å²) in [5.41, 5.74) is 2.06. The summed E-state index contributed by atoms with van der Waals surface area (Å²) in [6, 6.07) is 13.5. The van der Waals surface area contributed by atoms with Crippen molar-refractivity contribution in [3.8, 4) is 11.5 Å². The highest BCUT2D eigenvalue weighted by atomic mass is 32.1. The zero-order chi connectivity index (χ0) is 26.7. The van der Waals surface area contributed by atoms with Gasteiger partial charge in [0.2, 0.25) is 0 Å². The van der Waals surface area contributed by atoms with E-state index in [4.69, 9.17) is 14.2 Å². The molecule has 37 heavy (non-hydrogen) atoms. The van der Waals surface area contributed by atoms with Gasteiger partial charge in [0.15, 0.2) is 4.80 Å². The van der Waals surface area contributed by atoms with Crippen LogP contribution in [0.4, 0.5) is 0 Å². The lowest BCUT2D eigenvalue weighted by Gasteiger charge is -2.25. The van der Waals surface area contributed by atoms with E-state index in [1.165, 1.54) is 18.3 Å². The van der Waals surface area contributed by atoms with Gasteiger partial charge in [0.1, 0.15) is 11.5 Å². The van der Waals surface area contributed by atoms with Gasteiger partial charge in [-0.3, -0.25) is 14.2 Å². The number of nitrogens with zero attached hydrogens (tertiary/aromatic N) is 2. The zero-order valence-electron chi connectivity index (χ0n) is 21.3.